The number of carbonyl (C=O) groups is 2. The highest BCUT2D eigenvalue weighted by molar-refractivity contribution is 9.10. The highest BCUT2D eigenvalue weighted by Gasteiger charge is 2.25. The van der Waals surface area contributed by atoms with Gasteiger partial charge in [-0.3, -0.25) is 9.59 Å². The molecule has 0 atom stereocenters. The number of aryl methyl sites for hydroxylation is 1. The molecule has 2 amide bonds. The highest BCUT2D eigenvalue weighted by Crippen LogP contribution is 2.23. The Morgan fingerprint density at radius 2 is 1.63 bits per heavy atom. The van der Waals surface area contributed by atoms with Gasteiger partial charge in [0.25, 0.3) is 5.91 Å². The average Bonchev–Trinajstić information content (AvgIpc) is 2.67. The minimum atomic E-state index is -0.128. The number of rotatable bonds is 4. The summed E-state index contributed by atoms with van der Waals surface area (Å²) in [6.45, 7) is 2.06. The van der Waals surface area contributed by atoms with Gasteiger partial charge in [0.2, 0.25) is 5.91 Å². The lowest BCUT2D eigenvalue weighted by atomic mass is 10.1. The molecule has 0 unspecified atom stereocenters. The number of benzene rings is 2. The molecule has 1 heterocycles. The predicted molar refractivity (Wildman–Crippen MR) is 111 cm³/mol. The molecule has 0 saturated carbocycles. The summed E-state index contributed by atoms with van der Waals surface area (Å²) in [4.78, 5) is 28.7. The van der Waals surface area contributed by atoms with Gasteiger partial charge in [-0.1, -0.05) is 57.3 Å². The molecule has 2 aromatic rings. The third-order valence-corrected chi connectivity index (χ3v) is 5.97. The lowest BCUT2D eigenvalue weighted by molar-refractivity contribution is -0.132. The van der Waals surface area contributed by atoms with Gasteiger partial charge in [-0.05, 0) is 36.2 Å². The van der Waals surface area contributed by atoms with Crippen molar-refractivity contribution in [3.05, 3.63) is 68.1 Å². The van der Waals surface area contributed by atoms with Crippen molar-refractivity contribution >= 4 is 50.9 Å². The monoisotopic (exact) mass is 468 g/mol. The molecular weight excluding hydrogens is 451 g/mol. The summed E-state index contributed by atoms with van der Waals surface area (Å²) in [6, 6.07) is 12.8. The van der Waals surface area contributed by atoms with E-state index in [-0.39, 0.29) is 11.8 Å². The molecule has 7 heteroatoms. The molecule has 0 bridgehead atoms. The maximum absolute atomic E-state index is 12.6. The summed E-state index contributed by atoms with van der Waals surface area (Å²) < 4.78 is 1.02. The maximum Gasteiger partial charge on any atom is 0.255 e. The molecule has 0 spiro atoms. The Balaban J connectivity index is 1.53. The fourth-order valence-electron chi connectivity index (χ4n) is 3.09. The third-order valence-electron chi connectivity index (χ3n) is 4.65. The molecule has 0 radical (unpaired) electrons. The van der Waals surface area contributed by atoms with Crippen molar-refractivity contribution in [1.82, 2.24) is 9.80 Å². The highest BCUT2D eigenvalue weighted by atomic mass is 79.9. The van der Waals surface area contributed by atoms with Crippen LogP contribution in [0, 0.1) is 0 Å². The topological polar surface area (TPSA) is 40.6 Å². The largest absolute Gasteiger partial charge is 0.339 e. The van der Waals surface area contributed by atoms with Gasteiger partial charge in [0.1, 0.15) is 0 Å². The van der Waals surface area contributed by atoms with Crippen LogP contribution in [0.5, 0.6) is 0 Å². The third kappa shape index (κ3) is 5.03. The van der Waals surface area contributed by atoms with E-state index in [4.69, 9.17) is 23.2 Å². The Hall–Kier alpha value is -1.56. The summed E-state index contributed by atoms with van der Waals surface area (Å²) in [6.07, 6.45) is 1.15. The van der Waals surface area contributed by atoms with E-state index < -0.39 is 0 Å². The summed E-state index contributed by atoms with van der Waals surface area (Å²) in [7, 11) is 0. The summed E-state index contributed by atoms with van der Waals surface area (Å²) in [5.41, 5.74) is 1.56. The van der Waals surface area contributed by atoms with Gasteiger partial charge < -0.3 is 9.80 Å². The van der Waals surface area contributed by atoms with Crippen LogP contribution >= 0.6 is 39.1 Å². The van der Waals surface area contributed by atoms with Gasteiger partial charge in [-0.2, -0.15) is 0 Å². The van der Waals surface area contributed by atoms with Gasteiger partial charge in [-0.15, -0.1) is 0 Å². The number of amides is 2. The summed E-state index contributed by atoms with van der Waals surface area (Å²) >= 11 is 15.5. The van der Waals surface area contributed by atoms with Gasteiger partial charge in [-0.25, -0.2) is 0 Å². The van der Waals surface area contributed by atoms with E-state index in [9.17, 15) is 9.59 Å². The first-order valence-corrected chi connectivity index (χ1v) is 10.3. The van der Waals surface area contributed by atoms with Crippen LogP contribution in [0.25, 0.3) is 0 Å². The van der Waals surface area contributed by atoms with Gasteiger partial charge in [0.15, 0.2) is 0 Å². The number of hydrogen-bond acceptors (Lipinski definition) is 2. The molecule has 1 aliphatic heterocycles. The lowest BCUT2D eigenvalue weighted by Gasteiger charge is -2.35. The average molecular weight is 470 g/mol. The van der Waals surface area contributed by atoms with Crippen LogP contribution in [0.15, 0.2) is 46.9 Å². The van der Waals surface area contributed by atoms with Gasteiger partial charge in [0.05, 0.1) is 10.6 Å². The molecule has 27 heavy (non-hydrogen) atoms. The standard InChI is InChI=1S/C20H19BrCl2N2O2/c21-17-4-2-1-3-14(17)5-8-19(26)24-9-11-25(12-10-24)20(27)16-7-6-15(22)13-18(16)23/h1-4,6-7,13H,5,8-12H2. The number of piperazine rings is 1. The molecule has 1 saturated heterocycles. The molecular formula is C20H19BrCl2N2O2. The Kier molecular flexibility index (Phi) is 6.79. The van der Waals surface area contributed by atoms with E-state index in [0.717, 1.165) is 10.0 Å². The zero-order valence-corrected chi connectivity index (χ0v) is 17.7. The van der Waals surface area contributed by atoms with Crippen LogP contribution in [0.3, 0.4) is 0 Å². The first kappa shape index (κ1) is 20.2. The molecule has 4 nitrogen and oxygen atoms in total. The zero-order chi connectivity index (χ0) is 19.4. The Bertz CT molecular complexity index is 852. The van der Waals surface area contributed by atoms with Crippen LogP contribution in [0.2, 0.25) is 10.0 Å². The van der Waals surface area contributed by atoms with E-state index in [1.165, 1.54) is 0 Å². The molecule has 2 aromatic carbocycles. The second-order valence-corrected chi connectivity index (χ2v) is 8.09. The van der Waals surface area contributed by atoms with Crippen LogP contribution in [0.1, 0.15) is 22.3 Å². The molecule has 1 aliphatic rings. The fraction of sp³-hybridized carbons (Fsp3) is 0.300. The van der Waals surface area contributed by atoms with Crippen LogP contribution < -0.4 is 0 Å². The first-order valence-electron chi connectivity index (χ1n) is 8.71. The van der Waals surface area contributed by atoms with Crippen LogP contribution in [0.4, 0.5) is 0 Å². The molecule has 142 valence electrons. The second-order valence-electron chi connectivity index (χ2n) is 6.39. The quantitative estimate of drug-likeness (QED) is 0.652. The van der Waals surface area contributed by atoms with Gasteiger partial charge in [0, 0.05) is 42.1 Å². The fourth-order valence-corrected chi connectivity index (χ4v) is 4.07. The molecule has 1 fully saturated rings. The summed E-state index contributed by atoms with van der Waals surface area (Å²) in [5.74, 6) is -0.0145. The maximum atomic E-state index is 12.6. The Morgan fingerprint density at radius 1 is 0.963 bits per heavy atom. The van der Waals surface area contributed by atoms with Crippen molar-refractivity contribution in [2.24, 2.45) is 0 Å². The first-order chi connectivity index (χ1) is 13.0. The van der Waals surface area contributed by atoms with E-state index in [1.807, 2.05) is 29.2 Å². The van der Waals surface area contributed by atoms with Crippen molar-refractivity contribution < 1.29 is 9.59 Å². The smallest absolute Gasteiger partial charge is 0.255 e. The van der Waals surface area contributed by atoms with E-state index in [2.05, 4.69) is 15.9 Å². The minimum Gasteiger partial charge on any atom is -0.339 e. The van der Waals surface area contributed by atoms with E-state index in [1.54, 1.807) is 23.1 Å². The number of hydrogen-bond donors (Lipinski definition) is 0. The summed E-state index contributed by atoms with van der Waals surface area (Å²) in [5, 5.41) is 0.844. The van der Waals surface area contributed by atoms with Crippen molar-refractivity contribution in [3.63, 3.8) is 0 Å². The van der Waals surface area contributed by atoms with Crippen molar-refractivity contribution in [2.75, 3.05) is 26.2 Å². The molecule has 0 aromatic heterocycles. The normalized spacial score (nSPS) is 14.3. The Labute approximate surface area is 177 Å². The number of halogens is 3. The van der Waals surface area contributed by atoms with Crippen molar-refractivity contribution in [1.29, 1.82) is 0 Å². The van der Waals surface area contributed by atoms with Gasteiger partial charge >= 0.3 is 0 Å². The zero-order valence-electron chi connectivity index (χ0n) is 14.6. The second kappa shape index (κ2) is 9.09. The molecule has 0 aliphatic carbocycles. The number of nitrogens with zero attached hydrogens (tertiary/aromatic N) is 2. The minimum absolute atomic E-state index is 0.113. The van der Waals surface area contributed by atoms with Crippen molar-refractivity contribution in [3.8, 4) is 0 Å². The molecule has 3 rings (SSSR count). The molecule has 0 N–H and O–H groups in total. The van der Waals surface area contributed by atoms with E-state index >= 15 is 0 Å². The van der Waals surface area contributed by atoms with Crippen LogP contribution in [-0.2, 0) is 11.2 Å². The van der Waals surface area contributed by atoms with Crippen LogP contribution in [-0.4, -0.2) is 47.8 Å². The van der Waals surface area contributed by atoms with Crippen molar-refractivity contribution in [2.45, 2.75) is 12.8 Å². The predicted octanol–water partition coefficient (Wildman–Crippen LogP) is 4.67. The van der Waals surface area contributed by atoms with E-state index in [0.29, 0.717) is 54.6 Å². The Morgan fingerprint density at radius 3 is 2.30 bits per heavy atom. The number of carbonyl (C=O) groups excluding carboxylic acids is 2. The SMILES string of the molecule is O=C(CCc1ccccc1Br)N1CCN(C(=O)c2ccc(Cl)cc2Cl)CC1. The lowest BCUT2D eigenvalue weighted by Crippen LogP contribution is -2.50.